The van der Waals surface area contributed by atoms with Crippen molar-refractivity contribution in [1.29, 1.82) is 0 Å². The van der Waals surface area contributed by atoms with Gasteiger partial charge in [0.25, 0.3) is 0 Å². The molecule has 0 bridgehead atoms. The Bertz CT molecular complexity index is 666. The van der Waals surface area contributed by atoms with Gasteiger partial charge in [0.1, 0.15) is 0 Å². The lowest BCUT2D eigenvalue weighted by atomic mass is 10.1. The van der Waals surface area contributed by atoms with Crippen molar-refractivity contribution in [2.45, 2.75) is 18.9 Å². The average molecular weight is 326 g/mol. The van der Waals surface area contributed by atoms with Gasteiger partial charge in [-0.25, -0.2) is 0 Å². The van der Waals surface area contributed by atoms with Crippen LogP contribution in [0.2, 0.25) is 0 Å². The number of nitrogens with one attached hydrogen (secondary N) is 2. The Kier molecular flexibility index (Phi) is 2.99. The van der Waals surface area contributed by atoms with Crippen molar-refractivity contribution in [3.63, 3.8) is 0 Å². The highest BCUT2D eigenvalue weighted by atomic mass is 79.9. The minimum atomic E-state index is 0.125. The number of amides is 1. The molecule has 0 radical (unpaired) electrons. The lowest BCUT2D eigenvalue weighted by molar-refractivity contribution is -0.122. The number of hydrogen-bond donors (Lipinski definition) is 2. The van der Waals surface area contributed by atoms with Crippen LogP contribution in [0.25, 0.3) is 11.0 Å². The number of aromatic nitrogens is 2. The molecule has 1 aliphatic heterocycles. The van der Waals surface area contributed by atoms with E-state index in [1.165, 1.54) is 0 Å². The fourth-order valence-corrected chi connectivity index (χ4v) is 3.12. The third-order valence-electron chi connectivity index (χ3n) is 3.28. The summed E-state index contributed by atoms with van der Waals surface area (Å²) in [6.45, 7) is 0.649. The van der Waals surface area contributed by atoms with Crippen molar-refractivity contribution in [2.75, 3.05) is 6.54 Å². The molecule has 94 valence electrons. The highest BCUT2D eigenvalue weighted by molar-refractivity contribution is 9.10. The van der Waals surface area contributed by atoms with Crippen molar-refractivity contribution in [1.82, 2.24) is 14.9 Å². The van der Waals surface area contributed by atoms with Gasteiger partial charge in [-0.2, -0.15) is 0 Å². The van der Waals surface area contributed by atoms with E-state index in [9.17, 15) is 4.79 Å². The van der Waals surface area contributed by atoms with Crippen LogP contribution in [0.3, 0.4) is 0 Å². The van der Waals surface area contributed by atoms with Gasteiger partial charge in [0.15, 0.2) is 4.77 Å². The molecular weight excluding hydrogens is 314 g/mol. The first-order chi connectivity index (χ1) is 8.65. The number of carbonyl (C=O) groups is 1. The minimum absolute atomic E-state index is 0.125. The number of aromatic amines is 1. The van der Waals surface area contributed by atoms with Crippen LogP contribution in [0.1, 0.15) is 18.9 Å². The molecule has 1 fully saturated rings. The fraction of sp³-hybridized carbons (Fsp3) is 0.333. The molecule has 1 amide bonds. The maximum absolute atomic E-state index is 11.2. The molecule has 6 heteroatoms. The molecule has 0 spiro atoms. The number of hydrogen-bond acceptors (Lipinski definition) is 2. The average Bonchev–Trinajstić information content (AvgIpc) is 2.65. The first-order valence-corrected chi connectivity index (χ1v) is 7.02. The van der Waals surface area contributed by atoms with E-state index >= 15 is 0 Å². The smallest absolute Gasteiger partial charge is 0.220 e. The number of carbonyl (C=O) groups excluding carboxylic acids is 1. The molecule has 18 heavy (non-hydrogen) atoms. The Morgan fingerprint density at radius 2 is 2.28 bits per heavy atom. The predicted molar refractivity (Wildman–Crippen MR) is 76.1 cm³/mol. The second-order valence-corrected chi connectivity index (χ2v) is 5.76. The standard InChI is InChI=1S/C12H12BrN3OS/c13-7-1-3-10-9(5-7)15-12(18)16(10)8-2-4-11(17)14-6-8/h1,3,5,8H,2,4,6H2,(H,14,17)(H,15,18). The second kappa shape index (κ2) is 4.51. The number of fused-ring (bicyclic) bond motifs is 1. The maximum atomic E-state index is 11.2. The normalized spacial score (nSPS) is 20.1. The van der Waals surface area contributed by atoms with Gasteiger partial charge in [0.05, 0.1) is 17.1 Å². The third kappa shape index (κ3) is 1.99. The highest BCUT2D eigenvalue weighted by Gasteiger charge is 2.21. The summed E-state index contributed by atoms with van der Waals surface area (Å²) >= 11 is 8.84. The fourth-order valence-electron chi connectivity index (χ4n) is 2.41. The van der Waals surface area contributed by atoms with Crippen LogP contribution < -0.4 is 5.32 Å². The number of halogens is 1. The van der Waals surface area contributed by atoms with Gasteiger partial charge in [-0.15, -0.1) is 0 Å². The molecular formula is C12H12BrN3OS. The summed E-state index contributed by atoms with van der Waals surface area (Å²) in [4.78, 5) is 14.4. The predicted octanol–water partition coefficient (Wildman–Crippen LogP) is 2.91. The molecule has 1 unspecified atom stereocenters. The van der Waals surface area contributed by atoms with Crippen molar-refractivity contribution in [3.8, 4) is 0 Å². The summed E-state index contributed by atoms with van der Waals surface area (Å²) < 4.78 is 3.84. The molecule has 2 aromatic rings. The zero-order chi connectivity index (χ0) is 12.7. The Balaban J connectivity index is 2.08. The Hall–Kier alpha value is -1.14. The number of rotatable bonds is 1. The Morgan fingerprint density at radius 3 is 3.00 bits per heavy atom. The van der Waals surface area contributed by atoms with Crippen molar-refractivity contribution < 1.29 is 4.79 Å². The number of piperidine rings is 1. The molecule has 2 N–H and O–H groups in total. The van der Waals surface area contributed by atoms with Gasteiger partial charge < -0.3 is 14.9 Å². The van der Waals surface area contributed by atoms with Crippen LogP contribution in [-0.4, -0.2) is 22.0 Å². The number of imidazole rings is 1. The zero-order valence-corrected chi connectivity index (χ0v) is 12.0. The van der Waals surface area contributed by atoms with E-state index in [0.29, 0.717) is 17.7 Å². The van der Waals surface area contributed by atoms with E-state index in [4.69, 9.17) is 12.2 Å². The monoisotopic (exact) mass is 325 g/mol. The van der Waals surface area contributed by atoms with Crippen molar-refractivity contribution in [2.24, 2.45) is 0 Å². The van der Waals surface area contributed by atoms with Crippen LogP contribution in [0, 0.1) is 4.77 Å². The van der Waals surface area contributed by atoms with Gasteiger partial charge >= 0.3 is 0 Å². The summed E-state index contributed by atoms with van der Waals surface area (Å²) in [7, 11) is 0. The van der Waals surface area contributed by atoms with E-state index in [0.717, 1.165) is 21.9 Å². The summed E-state index contributed by atoms with van der Waals surface area (Å²) in [5.41, 5.74) is 2.11. The van der Waals surface area contributed by atoms with Crippen LogP contribution >= 0.6 is 28.1 Å². The van der Waals surface area contributed by atoms with Gasteiger partial charge in [0, 0.05) is 17.4 Å². The second-order valence-electron chi connectivity index (χ2n) is 4.46. The van der Waals surface area contributed by atoms with Crippen molar-refractivity contribution >= 4 is 45.1 Å². The van der Waals surface area contributed by atoms with Gasteiger partial charge in [-0.05, 0) is 36.8 Å². The van der Waals surface area contributed by atoms with Crippen LogP contribution in [0.5, 0.6) is 0 Å². The minimum Gasteiger partial charge on any atom is -0.354 e. The van der Waals surface area contributed by atoms with E-state index in [-0.39, 0.29) is 11.9 Å². The van der Waals surface area contributed by atoms with Gasteiger partial charge in [-0.1, -0.05) is 15.9 Å². The van der Waals surface area contributed by atoms with E-state index in [1.54, 1.807) is 0 Å². The maximum Gasteiger partial charge on any atom is 0.220 e. The Labute approximate surface area is 118 Å². The SMILES string of the molecule is O=C1CCC(n2c(=S)[nH]c3cc(Br)ccc32)CN1. The lowest BCUT2D eigenvalue weighted by Gasteiger charge is -2.24. The number of benzene rings is 1. The molecule has 1 aliphatic rings. The summed E-state index contributed by atoms with van der Waals surface area (Å²) in [5, 5.41) is 2.89. The molecule has 1 atom stereocenters. The van der Waals surface area contributed by atoms with Crippen molar-refractivity contribution in [3.05, 3.63) is 27.4 Å². The molecule has 2 heterocycles. The van der Waals surface area contributed by atoms with Crippen LogP contribution in [0.15, 0.2) is 22.7 Å². The summed E-state index contributed by atoms with van der Waals surface area (Å²) in [6.07, 6.45) is 1.40. The zero-order valence-electron chi connectivity index (χ0n) is 9.57. The quantitative estimate of drug-likeness (QED) is 0.792. The first-order valence-electron chi connectivity index (χ1n) is 5.81. The molecule has 3 rings (SSSR count). The molecule has 1 aromatic carbocycles. The lowest BCUT2D eigenvalue weighted by Crippen LogP contribution is -2.36. The van der Waals surface area contributed by atoms with E-state index in [2.05, 4.69) is 30.8 Å². The van der Waals surface area contributed by atoms with Gasteiger partial charge in [-0.3, -0.25) is 4.79 Å². The summed E-state index contributed by atoms with van der Waals surface area (Å²) in [5.74, 6) is 0.125. The van der Waals surface area contributed by atoms with Crippen LogP contribution in [0.4, 0.5) is 0 Å². The van der Waals surface area contributed by atoms with E-state index in [1.807, 2.05) is 18.2 Å². The number of H-pyrrole nitrogens is 1. The van der Waals surface area contributed by atoms with Crippen LogP contribution in [-0.2, 0) is 4.79 Å². The topological polar surface area (TPSA) is 49.8 Å². The molecule has 0 aliphatic carbocycles. The van der Waals surface area contributed by atoms with Gasteiger partial charge in [0.2, 0.25) is 5.91 Å². The number of nitrogens with zero attached hydrogens (tertiary/aromatic N) is 1. The van der Waals surface area contributed by atoms with E-state index < -0.39 is 0 Å². The largest absolute Gasteiger partial charge is 0.354 e. The molecule has 1 saturated heterocycles. The third-order valence-corrected chi connectivity index (χ3v) is 4.08. The molecule has 1 aromatic heterocycles. The first kappa shape index (κ1) is 11.9. The molecule has 4 nitrogen and oxygen atoms in total. The highest BCUT2D eigenvalue weighted by Crippen LogP contribution is 2.26. The summed E-state index contributed by atoms with van der Waals surface area (Å²) in [6, 6.07) is 6.30. The Morgan fingerprint density at radius 1 is 1.44 bits per heavy atom. The molecule has 0 saturated carbocycles.